The number of aromatic nitrogens is 1. The van der Waals surface area contributed by atoms with Crippen LogP contribution in [0.3, 0.4) is 0 Å². The number of fused-ring (bicyclic) bond motifs is 1. The second kappa shape index (κ2) is 6.48. The predicted molar refractivity (Wildman–Crippen MR) is 99.4 cm³/mol. The topological polar surface area (TPSA) is 39.7 Å². The molecular formula is C20H24N4O. The van der Waals surface area contributed by atoms with Crippen LogP contribution in [0, 0.1) is 0 Å². The first-order valence-corrected chi connectivity index (χ1v) is 8.94. The van der Waals surface area contributed by atoms with E-state index in [1.807, 2.05) is 23.2 Å². The number of pyridine rings is 1. The minimum atomic E-state index is 0.0366. The van der Waals surface area contributed by atoms with E-state index >= 15 is 0 Å². The Morgan fingerprint density at radius 3 is 2.56 bits per heavy atom. The lowest BCUT2D eigenvalue weighted by molar-refractivity contribution is 0.0658. The van der Waals surface area contributed by atoms with Gasteiger partial charge in [0.1, 0.15) is 5.69 Å². The number of anilines is 2. The highest BCUT2D eigenvalue weighted by Crippen LogP contribution is 2.37. The van der Waals surface area contributed by atoms with Crippen LogP contribution in [0.15, 0.2) is 42.6 Å². The maximum absolute atomic E-state index is 12.6. The summed E-state index contributed by atoms with van der Waals surface area (Å²) in [6.45, 7) is 5.62. The number of carbonyl (C=O) groups excluding carboxylic acids is 1. The number of nitrogens with zero attached hydrogens (tertiary/aromatic N) is 4. The van der Waals surface area contributed by atoms with Crippen molar-refractivity contribution in [2.45, 2.75) is 19.4 Å². The largest absolute Gasteiger partial charge is 0.337 e. The van der Waals surface area contributed by atoms with Crippen LogP contribution in [0.1, 0.15) is 23.0 Å². The Bertz CT molecular complexity index is 766. The van der Waals surface area contributed by atoms with Crippen molar-refractivity contribution in [2.24, 2.45) is 0 Å². The van der Waals surface area contributed by atoms with Crippen molar-refractivity contribution in [3.63, 3.8) is 0 Å². The zero-order valence-corrected chi connectivity index (χ0v) is 14.9. The van der Waals surface area contributed by atoms with Crippen LogP contribution in [0.4, 0.5) is 11.4 Å². The van der Waals surface area contributed by atoms with E-state index in [1.165, 1.54) is 11.3 Å². The molecule has 25 heavy (non-hydrogen) atoms. The van der Waals surface area contributed by atoms with Gasteiger partial charge in [0.25, 0.3) is 5.91 Å². The second-order valence-corrected chi connectivity index (χ2v) is 7.05. The van der Waals surface area contributed by atoms with Gasteiger partial charge in [0, 0.05) is 37.9 Å². The summed E-state index contributed by atoms with van der Waals surface area (Å²) in [6.07, 6.45) is 2.88. The van der Waals surface area contributed by atoms with E-state index < -0.39 is 0 Å². The number of benzene rings is 1. The highest BCUT2D eigenvalue weighted by molar-refractivity contribution is 5.92. The summed E-state index contributed by atoms with van der Waals surface area (Å²) in [6, 6.07) is 12.8. The van der Waals surface area contributed by atoms with Gasteiger partial charge in [0.15, 0.2) is 0 Å². The van der Waals surface area contributed by atoms with E-state index in [1.54, 1.807) is 0 Å². The van der Waals surface area contributed by atoms with Gasteiger partial charge in [-0.25, -0.2) is 4.98 Å². The van der Waals surface area contributed by atoms with Gasteiger partial charge in [-0.3, -0.25) is 4.79 Å². The lowest BCUT2D eigenvalue weighted by atomic mass is 10.1. The lowest BCUT2D eigenvalue weighted by Gasteiger charge is -2.32. The van der Waals surface area contributed by atoms with E-state index in [2.05, 4.69) is 53.0 Å². The molecule has 0 radical (unpaired) electrons. The molecule has 1 amide bonds. The number of piperazine rings is 1. The van der Waals surface area contributed by atoms with Crippen molar-refractivity contribution in [3.8, 4) is 0 Å². The number of rotatable bonds is 2. The molecule has 2 aliphatic rings. The molecule has 0 bridgehead atoms. The summed E-state index contributed by atoms with van der Waals surface area (Å²) < 4.78 is 0. The van der Waals surface area contributed by atoms with E-state index in [0.29, 0.717) is 11.7 Å². The van der Waals surface area contributed by atoms with Crippen LogP contribution in [0.25, 0.3) is 0 Å². The third-order valence-electron chi connectivity index (χ3n) is 5.24. The fourth-order valence-electron chi connectivity index (χ4n) is 3.79. The standard InChI is InChI=1S/C20H24N4O/c1-15-13-16-5-3-4-6-19(16)24(15)17-7-8-18(21-14-17)20(25)23-11-9-22(2)10-12-23/h3-8,14-15H,9-13H2,1-2H3. The normalized spacial score (nSPS) is 20.6. The molecule has 130 valence electrons. The van der Waals surface area contributed by atoms with Gasteiger partial charge in [-0.2, -0.15) is 0 Å². The second-order valence-electron chi connectivity index (χ2n) is 7.05. The van der Waals surface area contributed by atoms with E-state index in [-0.39, 0.29) is 5.91 Å². The van der Waals surface area contributed by atoms with Crippen molar-refractivity contribution in [1.29, 1.82) is 0 Å². The van der Waals surface area contributed by atoms with Crippen LogP contribution < -0.4 is 4.90 Å². The molecule has 0 aliphatic carbocycles. The molecule has 0 spiro atoms. The van der Waals surface area contributed by atoms with Crippen LogP contribution in [0.5, 0.6) is 0 Å². The van der Waals surface area contributed by atoms with Crippen molar-refractivity contribution in [1.82, 2.24) is 14.8 Å². The SMILES string of the molecule is CC1Cc2ccccc2N1c1ccc(C(=O)N2CCN(C)CC2)nc1. The molecule has 2 aromatic rings. The quantitative estimate of drug-likeness (QED) is 0.845. The van der Waals surface area contributed by atoms with Crippen molar-refractivity contribution < 1.29 is 4.79 Å². The Balaban J connectivity index is 1.54. The zero-order valence-electron chi connectivity index (χ0n) is 14.9. The van der Waals surface area contributed by atoms with Gasteiger partial charge in [-0.05, 0) is 44.2 Å². The Hall–Kier alpha value is -2.40. The molecule has 1 aromatic carbocycles. The highest BCUT2D eigenvalue weighted by Gasteiger charge is 2.27. The van der Waals surface area contributed by atoms with Gasteiger partial charge in [-0.15, -0.1) is 0 Å². The molecule has 0 N–H and O–H groups in total. The van der Waals surface area contributed by atoms with E-state index in [0.717, 1.165) is 38.3 Å². The average molecular weight is 336 g/mol. The first-order chi connectivity index (χ1) is 12.1. The number of para-hydroxylation sites is 1. The third kappa shape index (κ3) is 3.00. The number of likely N-dealkylation sites (N-methyl/N-ethyl adjacent to an activating group) is 1. The predicted octanol–water partition coefficient (Wildman–Crippen LogP) is 2.55. The fourth-order valence-corrected chi connectivity index (χ4v) is 3.79. The number of hydrogen-bond donors (Lipinski definition) is 0. The zero-order chi connectivity index (χ0) is 17.4. The van der Waals surface area contributed by atoms with Crippen LogP contribution in [-0.4, -0.2) is 60.0 Å². The molecule has 5 heteroatoms. The van der Waals surface area contributed by atoms with Crippen molar-refractivity contribution >= 4 is 17.3 Å². The Labute approximate surface area is 148 Å². The van der Waals surface area contributed by atoms with E-state index in [4.69, 9.17) is 0 Å². The van der Waals surface area contributed by atoms with Crippen molar-refractivity contribution in [2.75, 3.05) is 38.1 Å². The molecular weight excluding hydrogens is 312 g/mol. The molecule has 1 fully saturated rings. The molecule has 1 unspecified atom stereocenters. The van der Waals surface area contributed by atoms with Crippen molar-refractivity contribution in [3.05, 3.63) is 53.9 Å². The van der Waals surface area contributed by atoms with Gasteiger partial charge in [0.2, 0.25) is 0 Å². The highest BCUT2D eigenvalue weighted by atomic mass is 16.2. The van der Waals surface area contributed by atoms with Gasteiger partial charge in [-0.1, -0.05) is 18.2 Å². The molecule has 2 aliphatic heterocycles. The third-order valence-corrected chi connectivity index (χ3v) is 5.24. The van der Waals surface area contributed by atoms with Crippen LogP contribution in [-0.2, 0) is 6.42 Å². The van der Waals surface area contributed by atoms with Gasteiger partial charge >= 0.3 is 0 Å². The molecule has 4 rings (SSSR count). The summed E-state index contributed by atoms with van der Waals surface area (Å²) in [5.74, 6) is 0.0366. The summed E-state index contributed by atoms with van der Waals surface area (Å²) in [7, 11) is 2.09. The first-order valence-electron chi connectivity index (χ1n) is 8.94. The summed E-state index contributed by atoms with van der Waals surface area (Å²) in [5, 5.41) is 0. The van der Waals surface area contributed by atoms with Gasteiger partial charge < -0.3 is 14.7 Å². The molecule has 0 saturated carbocycles. The molecule has 3 heterocycles. The number of carbonyl (C=O) groups is 1. The molecule has 1 atom stereocenters. The first kappa shape index (κ1) is 16.1. The maximum atomic E-state index is 12.6. The minimum Gasteiger partial charge on any atom is -0.337 e. The number of amides is 1. The smallest absolute Gasteiger partial charge is 0.272 e. The molecule has 1 saturated heterocycles. The number of hydrogen-bond acceptors (Lipinski definition) is 4. The summed E-state index contributed by atoms with van der Waals surface area (Å²) >= 11 is 0. The monoisotopic (exact) mass is 336 g/mol. The fraction of sp³-hybridized carbons (Fsp3) is 0.400. The Kier molecular flexibility index (Phi) is 4.17. The van der Waals surface area contributed by atoms with Gasteiger partial charge in [0.05, 0.1) is 11.9 Å². The van der Waals surface area contributed by atoms with E-state index in [9.17, 15) is 4.79 Å². The van der Waals surface area contributed by atoms with Crippen LogP contribution >= 0.6 is 0 Å². The minimum absolute atomic E-state index is 0.0366. The van der Waals surface area contributed by atoms with Crippen LogP contribution in [0.2, 0.25) is 0 Å². The Morgan fingerprint density at radius 1 is 1.08 bits per heavy atom. The Morgan fingerprint density at radius 2 is 1.84 bits per heavy atom. The molecule has 1 aromatic heterocycles. The lowest BCUT2D eigenvalue weighted by Crippen LogP contribution is -2.47. The summed E-state index contributed by atoms with van der Waals surface area (Å²) in [4.78, 5) is 23.6. The summed E-state index contributed by atoms with van der Waals surface area (Å²) in [5.41, 5.74) is 4.20. The average Bonchev–Trinajstić information content (AvgIpc) is 2.97. The molecule has 5 nitrogen and oxygen atoms in total. The maximum Gasteiger partial charge on any atom is 0.272 e.